The van der Waals surface area contributed by atoms with E-state index in [0.717, 1.165) is 31.2 Å². The fraction of sp³-hybridized carbons (Fsp3) is 0.227. The quantitative estimate of drug-likeness (QED) is 0.297. The zero-order valence-electron chi connectivity index (χ0n) is 16.5. The van der Waals surface area contributed by atoms with Gasteiger partial charge in [0.1, 0.15) is 11.7 Å². The summed E-state index contributed by atoms with van der Waals surface area (Å²) in [5.41, 5.74) is -3.22. The van der Waals surface area contributed by atoms with Crippen molar-refractivity contribution in [1.29, 1.82) is 0 Å². The van der Waals surface area contributed by atoms with Crippen molar-refractivity contribution in [1.82, 2.24) is 0 Å². The average Bonchev–Trinajstić information content (AvgIpc) is 2.67. The van der Waals surface area contributed by atoms with E-state index < -0.39 is 52.1 Å². The zero-order valence-corrected chi connectivity index (χ0v) is 18.0. The predicted octanol–water partition coefficient (Wildman–Crippen LogP) is 8.90. The van der Waals surface area contributed by atoms with E-state index in [1.807, 2.05) is 0 Å². The van der Waals surface area contributed by atoms with Gasteiger partial charge in [0, 0.05) is 11.1 Å². The summed E-state index contributed by atoms with van der Waals surface area (Å²) in [6, 6.07) is 3.82. The normalized spacial score (nSPS) is 14.2. The molecule has 10 heteroatoms. The van der Waals surface area contributed by atoms with Gasteiger partial charge in [-0.2, -0.15) is 26.3 Å². The number of benzene rings is 2. The summed E-state index contributed by atoms with van der Waals surface area (Å²) >= 11 is 11.9. The molecule has 0 bridgehead atoms. The fourth-order valence-corrected chi connectivity index (χ4v) is 3.38. The first-order chi connectivity index (χ1) is 14.7. The van der Waals surface area contributed by atoms with Crippen molar-refractivity contribution >= 4 is 40.9 Å². The molecule has 0 spiro atoms. The summed E-state index contributed by atoms with van der Waals surface area (Å²) in [5, 5.41) is -0.209. The summed E-state index contributed by atoms with van der Waals surface area (Å²) in [6.07, 6.45) is -6.93. The molecule has 0 N–H and O–H groups in total. The van der Waals surface area contributed by atoms with Gasteiger partial charge in [0.25, 0.3) is 0 Å². The lowest BCUT2D eigenvalue weighted by Gasteiger charge is -2.19. The fourth-order valence-electron chi connectivity index (χ4n) is 2.97. The Morgan fingerprint density at radius 2 is 1.66 bits per heavy atom. The predicted molar refractivity (Wildman–Crippen MR) is 110 cm³/mol. The topological polar surface area (TPSA) is 17.1 Å². The molecule has 0 radical (unpaired) electrons. The van der Waals surface area contributed by atoms with Gasteiger partial charge in [-0.25, -0.2) is 4.39 Å². The number of allylic oxidation sites excluding steroid dienone is 2. The number of hydrogen-bond donors (Lipinski definition) is 0. The van der Waals surface area contributed by atoms with Crippen LogP contribution in [0.2, 0.25) is 10.0 Å². The second kappa shape index (κ2) is 9.67. The third kappa shape index (κ3) is 5.92. The molecule has 172 valence electrons. The second-order valence-corrected chi connectivity index (χ2v) is 7.54. The molecule has 0 heterocycles. The van der Waals surface area contributed by atoms with Crippen LogP contribution in [0.15, 0.2) is 42.5 Å². The van der Waals surface area contributed by atoms with E-state index in [4.69, 9.17) is 23.2 Å². The Bertz CT molecular complexity index is 1080. The highest BCUT2D eigenvalue weighted by molar-refractivity contribution is 6.43. The molecule has 0 amide bonds. The van der Waals surface area contributed by atoms with Gasteiger partial charge in [-0.15, -0.1) is 0 Å². The summed E-state index contributed by atoms with van der Waals surface area (Å²) in [4.78, 5) is 11.4. The number of alkyl halides is 6. The molecule has 0 saturated carbocycles. The van der Waals surface area contributed by atoms with Crippen molar-refractivity contribution in [3.05, 3.63) is 80.3 Å². The third-order valence-corrected chi connectivity index (χ3v) is 5.25. The third-order valence-electron chi connectivity index (χ3n) is 4.43. The Kier molecular flexibility index (Phi) is 7.83. The van der Waals surface area contributed by atoms with Crippen molar-refractivity contribution in [3.63, 3.8) is 0 Å². The van der Waals surface area contributed by atoms with Crippen LogP contribution in [0.4, 0.5) is 30.7 Å². The van der Waals surface area contributed by atoms with Gasteiger partial charge in [0.15, 0.2) is 5.78 Å². The van der Waals surface area contributed by atoms with Crippen molar-refractivity contribution in [2.45, 2.75) is 32.1 Å². The monoisotopic (exact) mass is 498 g/mol. The molecule has 2 aromatic rings. The van der Waals surface area contributed by atoms with E-state index in [-0.39, 0.29) is 21.7 Å². The van der Waals surface area contributed by atoms with Crippen molar-refractivity contribution in [2.75, 3.05) is 0 Å². The standard InChI is InChI=1S/C22H15Cl2F7O/c1-3-4-13-7-14(9-18(23)20(13)24)16(21(26,27)28)10-19(25)12-5-6-15(11(2)32)17(8-12)22(29,30)31/h3-10,16H,1-2H3/b4-3+,19-10-. The first-order valence-electron chi connectivity index (χ1n) is 8.95. The van der Waals surface area contributed by atoms with Crippen LogP contribution in [-0.4, -0.2) is 12.0 Å². The van der Waals surface area contributed by atoms with E-state index in [2.05, 4.69) is 0 Å². The SMILES string of the molecule is C/C=C/c1cc(C(/C=C(\F)c2ccc(C(C)=O)c(C(F)(F)F)c2)C(F)(F)F)cc(Cl)c1Cl. The molecule has 1 atom stereocenters. The highest BCUT2D eigenvalue weighted by atomic mass is 35.5. The molecule has 1 nitrogen and oxygen atoms in total. The molecular weight excluding hydrogens is 484 g/mol. The van der Waals surface area contributed by atoms with E-state index in [9.17, 15) is 35.5 Å². The lowest BCUT2D eigenvalue weighted by Crippen LogP contribution is -2.19. The Morgan fingerprint density at radius 1 is 1.03 bits per heavy atom. The maximum absolute atomic E-state index is 14.8. The smallest absolute Gasteiger partial charge is 0.294 e. The minimum atomic E-state index is -5.01. The minimum Gasteiger partial charge on any atom is -0.294 e. The number of ketones is 1. The molecule has 32 heavy (non-hydrogen) atoms. The van der Waals surface area contributed by atoms with Gasteiger partial charge >= 0.3 is 12.4 Å². The summed E-state index contributed by atoms with van der Waals surface area (Å²) < 4.78 is 95.8. The van der Waals surface area contributed by atoms with Crippen LogP contribution in [0.25, 0.3) is 11.9 Å². The van der Waals surface area contributed by atoms with E-state index in [1.165, 1.54) is 12.2 Å². The van der Waals surface area contributed by atoms with E-state index in [0.29, 0.717) is 6.07 Å². The van der Waals surface area contributed by atoms with Crippen LogP contribution in [0.3, 0.4) is 0 Å². The number of carbonyl (C=O) groups is 1. The molecule has 2 rings (SSSR count). The first kappa shape index (κ1) is 25.9. The molecule has 1 unspecified atom stereocenters. The minimum absolute atomic E-state index is 0.00599. The van der Waals surface area contributed by atoms with Crippen molar-refractivity contribution in [2.24, 2.45) is 0 Å². The Morgan fingerprint density at radius 3 is 2.16 bits per heavy atom. The Hall–Kier alpha value is -2.32. The molecular formula is C22H15Cl2F7O. The number of halogens is 9. The molecule has 0 aliphatic rings. The summed E-state index contributed by atoms with van der Waals surface area (Å²) in [7, 11) is 0. The van der Waals surface area contributed by atoms with Crippen LogP contribution in [0.5, 0.6) is 0 Å². The highest BCUT2D eigenvalue weighted by Crippen LogP contribution is 2.42. The molecule has 2 aromatic carbocycles. The number of carbonyl (C=O) groups excluding carboxylic acids is 1. The first-order valence-corrected chi connectivity index (χ1v) is 9.70. The number of Topliss-reactive ketones (excluding diaryl/α,β-unsaturated/α-hetero) is 1. The largest absolute Gasteiger partial charge is 0.417 e. The van der Waals surface area contributed by atoms with E-state index >= 15 is 0 Å². The van der Waals surface area contributed by atoms with Crippen LogP contribution in [-0.2, 0) is 6.18 Å². The average molecular weight is 499 g/mol. The van der Waals surface area contributed by atoms with Gasteiger partial charge < -0.3 is 0 Å². The summed E-state index contributed by atoms with van der Waals surface area (Å²) in [5.74, 6) is -5.00. The van der Waals surface area contributed by atoms with Gasteiger partial charge in [-0.1, -0.05) is 47.5 Å². The Labute approximate surface area is 189 Å². The maximum atomic E-state index is 14.8. The zero-order chi connectivity index (χ0) is 24.4. The molecule has 0 saturated heterocycles. The van der Waals surface area contributed by atoms with Gasteiger partial charge in [0.05, 0.1) is 15.6 Å². The van der Waals surface area contributed by atoms with Crippen LogP contribution >= 0.6 is 23.2 Å². The molecule has 0 fully saturated rings. The Balaban J connectivity index is 2.66. The number of hydrogen-bond acceptors (Lipinski definition) is 1. The molecule has 0 aliphatic heterocycles. The van der Waals surface area contributed by atoms with Gasteiger partial charge in [-0.3, -0.25) is 4.79 Å². The molecule has 0 aromatic heterocycles. The van der Waals surface area contributed by atoms with Crippen molar-refractivity contribution in [3.8, 4) is 0 Å². The molecule has 0 aliphatic carbocycles. The van der Waals surface area contributed by atoms with Crippen molar-refractivity contribution < 1.29 is 35.5 Å². The number of rotatable bonds is 5. The highest BCUT2D eigenvalue weighted by Gasteiger charge is 2.41. The second-order valence-electron chi connectivity index (χ2n) is 6.75. The van der Waals surface area contributed by atoms with E-state index in [1.54, 1.807) is 6.92 Å². The maximum Gasteiger partial charge on any atom is 0.417 e. The lowest BCUT2D eigenvalue weighted by molar-refractivity contribution is -0.140. The van der Waals surface area contributed by atoms with Crippen LogP contribution in [0.1, 0.15) is 52.4 Å². The van der Waals surface area contributed by atoms with Gasteiger partial charge in [0.2, 0.25) is 0 Å². The summed E-state index contributed by atoms with van der Waals surface area (Å²) in [6.45, 7) is 2.49. The van der Waals surface area contributed by atoms with Gasteiger partial charge in [-0.05, 0) is 49.2 Å². The van der Waals surface area contributed by atoms with Crippen LogP contribution < -0.4 is 0 Å². The van der Waals surface area contributed by atoms with Crippen LogP contribution in [0, 0.1) is 0 Å². The lowest BCUT2D eigenvalue weighted by atomic mass is 9.94.